The van der Waals surface area contributed by atoms with Crippen molar-refractivity contribution in [1.29, 1.82) is 0 Å². The number of rotatable bonds is 6. The van der Waals surface area contributed by atoms with Gasteiger partial charge in [-0.3, -0.25) is 9.89 Å². The van der Waals surface area contributed by atoms with Crippen molar-refractivity contribution < 1.29 is 27.5 Å². The molecule has 2 aromatic rings. The molecule has 4 heterocycles. The van der Waals surface area contributed by atoms with Crippen molar-refractivity contribution in [3.05, 3.63) is 63.0 Å². The van der Waals surface area contributed by atoms with E-state index < -0.39 is 48.4 Å². The number of carbonyl (C=O) groups is 2. The average molecular weight is 549 g/mol. The molecule has 0 bridgehead atoms. The van der Waals surface area contributed by atoms with Gasteiger partial charge in [-0.05, 0) is 37.5 Å². The quantitative estimate of drug-likeness (QED) is 0.537. The summed E-state index contributed by atoms with van der Waals surface area (Å²) in [6.07, 6.45) is 1.91. The Kier molecular flexibility index (Phi) is 6.90. The number of likely N-dealkylation sites (tertiary alicyclic amines) is 2. The van der Waals surface area contributed by atoms with E-state index in [4.69, 9.17) is 15.5 Å². The molecule has 3 atom stereocenters. The lowest BCUT2D eigenvalue weighted by atomic mass is 9.92. The van der Waals surface area contributed by atoms with Crippen molar-refractivity contribution in [2.75, 3.05) is 26.2 Å². The maximum atomic E-state index is 15.1. The molecular formula is C25H27F3N6O3S. The van der Waals surface area contributed by atoms with E-state index >= 15 is 8.78 Å². The van der Waals surface area contributed by atoms with Gasteiger partial charge in [0.2, 0.25) is 0 Å². The molecule has 3 unspecified atom stereocenters. The monoisotopic (exact) mass is 548 g/mol. The number of nitrogens with zero attached hydrogens (tertiary/aromatic N) is 4. The number of primary amides is 1. The molecule has 1 aromatic heterocycles. The van der Waals surface area contributed by atoms with Crippen LogP contribution in [0.2, 0.25) is 0 Å². The van der Waals surface area contributed by atoms with E-state index in [1.165, 1.54) is 23.5 Å². The Morgan fingerprint density at radius 1 is 1.34 bits per heavy atom. The minimum Gasteiger partial charge on any atom is -0.463 e. The van der Waals surface area contributed by atoms with E-state index in [2.05, 4.69) is 10.3 Å². The first-order valence-electron chi connectivity index (χ1n) is 12.2. The Morgan fingerprint density at radius 2 is 2.13 bits per heavy atom. The number of amidine groups is 1. The van der Waals surface area contributed by atoms with Gasteiger partial charge in [-0.2, -0.15) is 0 Å². The lowest BCUT2D eigenvalue weighted by Gasteiger charge is -2.31. The fraction of sp³-hybridized carbons (Fsp3) is 0.440. The van der Waals surface area contributed by atoms with E-state index in [1.54, 1.807) is 36.4 Å². The lowest BCUT2D eigenvalue weighted by Crippen LogP contribution is -2.49. The maximum Gasteiger partial charge on any atom is 0.338 e. The molecule has 3 aliphatic heterocycles. The molecule has 3 aliphatic rings. The molecule has 2 fully saturated rings. The summed E-state index contributed by atoms with van der Waals surface area (Å²) in [4.78, 5) is 36.8. The summed E-state index contributed by atoms with van der Waals surface area (Å²) in [5.74, 6) is -4.00. The van der Waals surface area contributed by atoms with Crippen LogP contribution in [0.1, 0.15) is 35.5 Å². The number of hydrogen-bond donors (Lipinski definition) is 2. The van der Waals surface area contributed by atoms with Crippen molar-refractivity contribution in [1.82, 2.24) is 20.1 Å². The first-order valence-corrected chi connectivity index (χ1v) is 13.1. The van der Waals surface area contributed by atoms with Gasteiger partial charge in [-0.15, -0.1) is 11.3 Å². The molecule has 0 aliphatic carbocycles. The zero-order valence-electron chi connectivity index (χ0n) is 20.8. The molecule has 0 saturated carbocycles. The average Bonchev–Trinajstić information content (AvgIpc) is 3.60. The second-order valence-electron chi connectivity index (χ2n) is 9.41. The molecule has 9 nitrogen and oxygen atoms in total. The lowest BCUT2D eigenvalue weighted by molar-refractivity contribution is -0.139. The highest BCUT2D eigenvalue weighted by molar-refractivity contribution is 7.11. The zero-order valence-corrected chi connectivity index (χ0v) is 21.6. The summed E-state index contributed by atoms with van der Waals surface area (Å²) in [6.45, 7) is 2.74. The van der Waals surface area contributed by atoms with Gasteiger partial charge in [0.25, 0.3) is 5.92 Å². The second-order valence-corrected chi connectivity index (χ2v) is 10.3. The van der Waals surface area contributed by atoms with Crippen LogP contribution in [0.25, 0.3) is 0 Å². The number of aromatic nitrogens is 1. The van der Waals surface area contributed by atoms with Crippen LogP contribution in [-0.4, -0.2) is 76.9 Å². The number of urea groups is 1. The number of thiazole rings is 1. The molecule has 0 radical (unpaired) electrons. The van der Waals surface area contributed by atoms with Crippen molar-refractivity contribution in [3.8, 4) is 0 Å². The standard InChI is InChI=1S/C25H27F3N6O3S/c1-3-37-23(35)18-16(11-33-12-25(27,28)20-17(33)7-9-34(20)24(29)36)31-21(22-30-8-10-38-22)32-19(18)14-5-4-6-15(26)13(14)2/h4-6,8,10,17,19-20H,3,7,9,11-12H2,1-2H3,(H2,29,36)(H,31,32). The van der Waals surface area contributed by atoms with E-state index in [0.717, 1.165) is 4.90 Å². The molecule has 2 saturated heterocycles. The molecule has 202 valence electrons. The largest absolute Gasteiger partial charge is 0.463 e. The van der Waals surface area contributed by atoms with E-state index in [-0.39, 0.29) is 25.3 Å². The zero-order chi connectivity index (χ0) is 27.2. The van der Waals surface area contributed by atoms with E-state index in [9.17, 15) is 14.0 Å². The third-order valence-electron chi connectivity index (χ3n) is 7.19. The molecule has 13 heteroatoms. The highest BCUT2D eigenvalue weighted by Gasteiger charge is 2.60. The van der Waals surface area contributed by atoms with Crippen LogP contribution in [-0.2, 0) is 9.53 Å². The van der Waals surface area contributed by atoms with Crippen LogP contribution in [0.5, 0.6) is 0 Å². The number of fused-ring (bicyclic) bond motifs is 1. The molecule has 3 N–H and O–H groups in total. The number of aliphatic imine (C=N–C) groups is 1. The number of nitrogens with two attached hydrogens (primary N) is 1. The first-order chi connectivity index (χ1) is 18.1. The topological polar surface area (TPSA) is 113 Å². The SMILES string of the molecule is CCOC(=O)C1=C(CN2CC(F)(F)C3C2CCN3C(N)=O)NC(c2nccs2)=NC1c1cccc(F)c1C. The second kappa shape index (κ2) is 10.0. The van der Waals surface area contributed by atoms with Crippen molar-refractivity contribution in [3.63, 3.8) is 0 Å². The fourth-order valence-corrected chi connectivity index (χ4v) is 6.12. The maximum absolute atomic E-state index is 15.1. The van der Waals surface area contributed by atoms with Gasteiger partial charge in [0.05, 0.1) is 18.7 Å². The number of amides is 2. The van der Waals surface area contributed by atoms with Crippen LogP contribution in [0.4, 0.5) is 18.0 Å². The van der Waals surface area contributed by atoms with E-state index in [0.29, 0.717) is 34.1 Å². The summed E-state index contributed by atoms with van der Waals surface area (Å²) < 4.78 is 50.2. The summed E-state index contributed by atoms with van der Waals surface area (Å²) in [6, 6.07) is 0.664. The van der Waals surface area contributed by atoms with E-state index in [1.807, 2.05) is 0 Å². The summed E-state index contributed by atoms with van der Waals surface area (Å²) >= 11 is 1.31. The number of benzene rings is 1. The number of carbonyl (C=O) groups excluding carboxylic acids is 2. The molecule has 38 heavy (non-hydrogen) atoms. The van der Waals surface area contributed by atoms with Crippen molar-refractivity contribution in [2.24, 2.45) is 10.7 Å². The Hall–Kier alpha value is -3.45. The minimum absolute atomic E-state index is 0.0766. The number of esters is 1. The van der Waals surface area contributed by atoms with Gasteiger partial charge < -0.3 is 20.7 Å². The summed E-state index contributed by atoms with van der Waals surface area (Å²) in [7, 11) is 0. The van der Waals surface area contributed by atoms with Gasteiger partial charge in [-0.25, -0.2) is 27.7 Å². The van der Waals surface area contributed by atoms with Gasteiger partial charge >= 0.3 is 12.0 Å². The molecule has 5 rings (SSSR count). The smallest absolute Gasteiger partial charge is 0.338 e. The third kappa shape index (κ3) is 4.53. The predicted molar refractivity (Wildman–Crippen MR) is 134 cm³/mol. The number of hydrogen-bond acceptors (Lipinski definition) is 8. The molecule has 1 aromatic carbocycles. The van der Waals surface area contributed by atoms with Gasteiger partial charge in [0.1, 0.15) is 17.9 Å². The Bertz CT molecular complexity index is 1320. The van der Waals surface area contributed by atoms with Gasteiger partial charge in [0.15, 0.2) is 10.8 Å². The highest BCUT2D eigenvalue weighted by Crippen LogP contribution is 2.42. The Morgan fingerprint density at radius 3 is 2.82 bits per heavy atom. The normalized spacial score (nSPS) is 24.7. The molecular weight excluding hydrogens is 521 g/mol. The third-order valence-corrected chi connectivity index (χ3v) is 7.97. The first kappa shape index (κ1) is 26.2. The number of ether oxygens (including phenoxy) is 1. The number of alkyl halides is 2. The van der Waals surface area contributed by atoms with Crippen LogP contribution >= 0.6 is 11.3 Å². The fourth-order valence-electron chi connectivity index (χ4n) is 5.54. The number of halogens is 3. The van der Waals surface area contributed by atoms with Crippen LogP contribution in [0, 0.1) is 12.7 Å². The molecule has 0 spiro atoms. The van der Waals surface area contributed by atoms with Crippen molar-refractivity contribution >= 4 is 29.2 Å². The minimum atomic E-state index is -3.19. The van der Waals surface area contributed by atoms with Crippen molar-refractivity contribution in [2.45, 2.75) is 44.3 Å². The predicted octanol–water partition coefficient (Wildman–Crippen LogP) is 2.97. The molecule has 2 amide bonds. The Balaban J connectivity index is 1.60. The summed E-state index contributed by atoms with van der Waals surface area (Å²) in [5.41, 5.74) is 6.56. The summed E-state index contributed by atoms with van der Waals surface area (Å²) in [5, 5.41) is 5.42. The number of nitrogens with one attached hydrogen (secondary N) is 1. The Labute approximate surface area is 221 Å². The van der Waals surface area contributed by atoms with Crippen LogP contribution < -0.4 is 11.1 Å². The van der Waals surface area contributed by atoms with Gasteiger partial charge in [0, 0.05) is 36.4 Å². The van der Waals surface area contributed by atoms with Crippen LogP contribution in [0.3, 0.4) is 0 Å². The van der Waals surface area contributed by atoms with Gasteiger partial charge in [-0.1, -0.05) is 12.1 Å². The van der Waals surface area contributed by atoms with Crippen LogP contribution in [0.15, 0.2) is 46.0 Å². The highest BCUT2D eigenvalue weighted by atomic mass is 32.1.